The van der Waals surface area contributed by atoms with Gasteiger partial charge in [-0.05, 0) is 37.5 Å². The molecule has 1 amide bonds. The minimum absolute atomic E-state index is 0.0765. The summed E-state index contributed by atoms with van der Waals surface area (Å²) in [6.45, 7) is 1.99. The summed E-state index contributed by atoms with van der Waals surface area (Å²) in [6, 6.07) is 2.53. The predicted octanol–water partition coefficient (Wildman–Crippen LogP) is 2.20. The first-order chi connectivity index (χ1) is 14.4. The zero-order valence-corrected chi connectivity index (χ0v) is 16.3. The Kier molecular flexibility index (Phi) is 4.30. The third-order valence-corrected chi connectivity index (χ3v) is 5.79. The molecule has 2 bridgehead atoms. The van der Waals surface area contributed by atoms with E-state index in [1.54, 1.807) is 17.2 Å². The predicted molar refractivity (Wildman–Crippen MR) is 106 cm³/mol. The minimum atomic E-state index is -1.09. The average Bonchev–Trinajstić information content (AvgIpc) is 3.24. The second-order valence-electron chi connectivity index (χ2n) is 7.92. The van der Waals surface area contributed by atoms with Gasteiger partial charge < -0.3 is 16.0 Å². The molecule has 3 aromatic rings. The van der Waals surface area contributed by atoms with Gasteiger partial charge in [-0.3, -0.25) is 9.78 Å². The van der Waals surface area contributed by atoms with Crippen molar-refractivity contribution in [1.82, 2.24) is 24.9 Å². The van der Waals surface area contributed by atoms with Gasteiger partial charge in [0.1, 0.15) is 23.4 Å². The molecular formula is C20H21F2N7O. The monoisotopic (exact) mass is 413 g/mol. The molecule has 3 aromatic heterocycles. The number of pyridine rings is 1. The van der Waals surface area contributed by atoms with Gasteiger partial charge in [0.05, 0.1) is 18.8 Å². The van der Waals surface area contributed by atoms with Crippen LogP contribution in [-0.4, -0.2) is 44.2 Å². The number of fused-ring (bicyclic) bond motifs is 5. The van der Waals surface area contributed by atoms with Gasteiger partial charge in [0.15, 0.2) is 11.5 Å². The van der Waals surface area contributed by atoms with E-state index in [0.717, 1.165) is 0 Å². The number of hydrogen-bond acceptors (Lipinski definition) is 6. The van der Waals surface area contributed by atoms with Crippen molar-refractivity contribution in [1.29, 1.82) is 0 Å². The molecule has 0 aromatic carbocycles. The molecule has 1 saturated heterocycles. The Labute approximate surface area is 171 Å². The van der Waals surface area contributed by atoms with E-state index in [4.69, 9.17) is 5.73 Å². The normalized spacial score (nSPS) is 24.0. The van der Waals surface area contributed by atoms with Gasteiger partial charge in [-0.2, -0.15) is 0 Å². The van der Waals surface area contributed by atoms with Crippen molar-refractivity contribution in [3.05, 3.63) is 47.2 Å². The molecule has 0 aliphatic carbocycles. The molecule has 2 aliphatic rings. The molecule has 8 nitrogen and oxygen atoms in total. The highest BCUT2D eigenvalue weighted by Gasteiger charge is 2.36. The highest BCUT2D eigenvalue weighted by molar-refractivity contribution is 6.04. The Morgan fingerprint density at radius 2 is 2.20 bits per heavy atom. The van der Waals surface area contributed by atoms with Crippen molar-refractivity contribution in [2.75, 3.05) is 17.2 Å². The molecule has 5 heterocycles. The maximum absolute atomic E-state index is 14.5. The van der Waals surface area contributed by atoms with Gasteiger partial charge in [0.25, 0.3) is 5.91 Å². The molecule has 1 fully saturated rings. The summed E-state index contributed by atoms with van der Waals surface area (Å²) >= 11 is 0. The van der Waals surface area contributed by atoms with Gasteiger partial charge >= 0.3 is 0 Å². The fourth-order valence-electron chi connectivity index (χ4n) is 4.35. The number of carbonyl (C=O) groups is 1. The van der Waals surface area contributed by atoms with Crippen LogP contribution in [0.25, 0.3) is 5.65 Å². The van der Waals surface area contributed by atoms with Crippen LogP contribution in [0.2, 0.25) is 0 Å². The van der Waals surface area contributed by atoms with Crippen LogP contribution in [0.4, 0.5) is 20.4 Å². The van der Waals surface area contributed by atoms with Crippen LogP contribution in [0, 0.1) is 5.82 Å². The number of rotatable bonds is 0. The number of aryl methyl sites for hydroxylation is 1. The largest absolute Gasteiger partial charge is 0.381 e. The Balaban J connectivity index is 1.72. The smallest absolute Gasteiger partial charge is 0.259 e. The average molecular weight is 413 g/mol. The van der Waals surface area contributed by atoms with E-state index in [1.807, 2.05) is 6.92 Å². The molecular weight excluding hydrogens is 392 g/mol. The maximum Gasteiger partial charge on any atom is 0.259 e. The summed E-state index contributed by atoms with van der Waals surface area (Å²) in [7, 11) is 0. The van der Waals surface area contributed by atoms with Crippen LogP contribution >= 0.6 is 0 Å². The Bertz CT molecular complexity index is 1150. The van der Waals surface area contributed by atoms with Gasteiger partial charge in [-0.15, -0.1) is 5.10 Å². The number of nitrogens with zero attached hydrogens (tertiary/aromatic N) is 5. The van der Waals surface area contributed by atoms with E-state index in [2.05, 4.69) is 20.4 Å². The lowest BCUT2D eigenvalue weighted by Crippen LogP contribution is -2.33. The van der Waals surface area contributed by atoms with Crippen LogP contribution in [0.5, 0.6) is 0 Å². The lowest BCUT2D eigenvalue weighted by atomic mass is 9.98. The lowest BCUT2D eigenvalue weighted by Gasteiger charge is -2.27. The third kappa shape index (κ3) is 3.03. The molecule has 2 aliphatic heterocycles. The number of nitrogens with two attached hydrogens (primary N) is 1. The number of aromatic nitrogens is 4. The van der Waals surface area contributed by atoms with Crippen molar-refractivity contribution in [2.24, 2.45) is 0 Å². The second-order valence-corrected chi connectivity index (χ2v) is 7.92. The zero-order valence-electron chi connectivity index (χ0n) is 16.3. The summed E-state index contributed by atoms with van der Waals surface area (Å²) in [5, 5.41) is 7.10. The maximum atomic E-state index is 14.5. The number of carbonyl (C=O) groups excluding carboxylic acids is 1. The van der Waals surface area contributed by atoms with Crippen LogP contribution in [0.15, 0.2) is 24.5 Å². The number of halogens is 2. The number of alkyl halides is 1. The summed E-state index contributed by atoms with van der Waals surface area (Å²) in [5.74, 6) is -0.278. The summed E-state index contributed by atoms with van der Waals surface area (Å²) in [6.07, 6.45) is 3.04. The van der Waals surface area contributed by atoms with Crippen molar-refractivity contribution in [3.8, 4) is 0 Å². The summed E-state index contributed by atoms with van der Waals surface area (Å²) in [4.78, 5) is 23.6. The second kappa shape index (κ2) is 6.89. The topological polar surface area (TPSA) is 101 Å². The molecule has 30 heavy (non-hydrogen) atoms. The molecule has 0 radical (unpaired) electrons. The molecule has 0 saturated carbocycles. The Hall–Kier alpha value is -3.30. The van der Waals surface area contributed by atoms with Crippen LogP contribution in [0.3, 0.4) is 0 Å². The third-order valence-electron chi connectivity index (χ3n) is 5.79. The molecule has 3 N–H and O–H groups in total. The fraction of sp³-hybridized carbons (Fsp3) is 0.400. The van der Waals surface area contributed by atoms with Crippen LogP contribution in [-0.2, 0) is 6.42 Å². The quantitative estimate of drug-likeness (QED) is 0.586. The first-order valence-electron chi connectivity index (χ1n) is 9.91. The summed E-state index contributed by atoms with van der Waals surface area (Å²) in [5.41, 5.74) is 7.84. The van der Waals surface area contributed by atoms with E-state index >= 15 is 0 Å². The van der Waals surface area contributed by atoms with Crippen molar-refractivity contribution in [2.45, 2.75) is 44.4 Å². The molecule has 156 valence electrons. The Morgan fingerprint density at radius 3 is 3.03 bits per heavy atom. The van der Waals surface area contributed by atoms with Crippen molar-refractivity contribution >= 4 is 23.2 Å². The molecule has 0 spiro atoms. The zero-order chi connectivity index (χ0) is 21.0. The lowest BCUT2D eigenvalue weighted by molar-refractivity contribution is 0.0940. The van der Waals surface area contributed by atoms with E-state index in [-0.39, 0.29) is 36.3 Å². The number of hydrogen-bond donors (Lipinski definition) is 2. The number of nitrogens with one attached hydrogen (secondary N) is 1. The summed E-state index contributed by atoms with van der Waals surface area (Å²) < 4.78 is 30.1. The number of anilines is 2. The molecule has 3 atom stereocenters. The van der Waals surface area contributed by atoms with Gasteiger partial charge in [-0.1, -0.05) is 0 Å². The molecule has 1 unspecified atom stereocenters. The standard InChI is InChI=1S/C20H21F2N7O/c1-10-2-3-14-13(6-11(21)8-24-14)15-7-12(22)9-28(15)16-4-5-29-19(26-16)17(18(23)27-29)20(30)25-10/h4-6,8,10,12,15H,2-3,7,9H2,1H3,(H2,23,27)(H,25,30)/t10?,12-,15+/m0/s1. The van der Waals surface area contributed by atoms with Gasteiger partial charge in [-0.25, -0.2) is 18.3 Å². The van der Waals surface area contributed by atoms with E-state index in [0.29, 0.717) is 35.6 Å². The van der Waals surface area contributed by atoms with Crippen molar-refractivity contribution < 1.29 is 13.6 Å². The number of amides is 1. The minimum Gasteiger partial charge on any atom is -0.381 e. The fourth-order valence-corrected chi connectivity index (χ4v) is 4.35. The highest BCUT2D eigenvalue weighted by atomic mass is 19.1. The van der Waals surface area contributed by atoms with E-state index in [1.165, 1.54) is 16.8 Å². The van der Waals surface area contributed by atoms with Gasteiger partial charge in [0, 0.05) is 24.4 Å². The first-order valence-corrected chi connectivity index (χ1v) is 9.91. The molecule has 10 heteroatoms. The van der Waals surface area contributed by atoms with Crippen LogP contribution in [0.1, 0.15) is 47.4 Å². The van der Waals surface area contributed by atoms with E-state index < -0.39 is 18.0 Å². The van der Waals surface area contributed by atoms with Crippen LogP contribution < -0.4 is 16.0 Å². The Morgan fingerprint density at radius 1 is 1.37 bits per heavy atom. The molecule has 5 rings (SSSR count). The van der Waals surface area contributed by atoms with E-state index in [9.17, 15) is 13.6 Å². The van der Waals surface area contributed by atoms with Crippen molar-refractivity contribution in [3.63, 3.8) is 0 Å². The van der Waals surface area contributed by atoms with Gasteiger partial charge in [0.2, 0.25) is 0 Å². The SMILES string of the molecule is CC1CCc2ncc(F)cc2[C@H]2C[C@H](F)CN2c2ccn3nc(N)c(c3n2)C(=O)N1. The highest BCUT2D eigenvalue weighted by Crippen LogP contribution is 2.38. The number of nitrogen functional groups attached to an aromatic ring is 1. The first kappa shape index (κ1) is 18.7.